The van der Waals surface area contributed by atoms with Gasteiger partial charge in [0.1, 0.15) is 0 Å². The molecule has 0 aliphatic rings. The monoisotopic (exact) mass is 173 g/mol. The third-order valence-corrected chi connectivity index (χ3v) is 1.69. The predicted octanol–water partition coefficient (Wildman–Crippen LogP) is -0.551. The summed E-state index contributed by atoms with van der Waals surface area (Å²) in [6, 6.07) is 0.397. The summed E-state index contributed by atoms with van der Waals surface area (Å²) in [6.07, 6.45) is 1.03. The first-order chi connectivity index (χ1) is 5.70. The Labute approximate surface area is 73.9 Å². The van der Waals surface area contributed by atoms with Gasteiger partial charge in [-0.25, -0.2) is 0 Å². The fourth-order valence-electron chi connectivity index (χ4n) is 0.685. The van der Waals surface area contributed by atoms with Gasteiger partial charge in [0, 0.05) is 19.1 Å². The molecule has 0 heterocycles. The van der Waals surface area contributed by atoms with Crippen LogP contribution in [0.5, 0.6) is 0 Å². The summed E-state index contributed by atoms with van der Waals surface area (Å²) in [5, 5.41) is 5.77. The average Bonchev–Trinajstić information content (AvgIpc) is 2.10. The summed E-state index contributed by atoms with van der Waals surface area (Å²) >= 11 is 0. The van der Waals surface area contributed by atoms with Gasteiger partial charge < -0.3 is 16.4 Å². The summed E-state index contributed by atoms with van der Waals surface area (Å²) in [7, 11) is 0. The standard InChI is InChI=1S/C8H19N3O/c1-3-7(2)11-6-8(12)10-5-4-9/h7,11H,3-6,9H2,1-2H3,(H,10,12). The Balaban J connectivity index is 3.31. The van der Waals surface area contributed by atoms with Crippen molar-refractivity contribution in [3.05, 3.63) is 0 Å². The molecule has 4 heteroatoms. The van der Waals surface area contributed by atoms with Crippen molar-refractivity contribution in [2.24, 2.45) is 5.73 Å². The van der Waals surface area contributed by atoms with Crippen molar-refractivity contribution < 1.29 is 4.79 Å². The highest BCUT2D eigenvalue weighted by atomic mass is 16.1. The van der Waals surface area contributed by atoms with Crippen LogP contribution in [0.2, 0.25) is 0 Å². The summed E-state index contributed by atoms with van der Waals surface area (Å²) in [5.74, 6) is 0.0146. The van der Waals surface area contributed by atoms with Crippen LogP contribution in [0.4, 0.5) is 0 Å². The maximum atomic E-state index is 11.0. The molecule has 0 aromatic carbocycles. The molecule has 0 bridgehead atoms. The van der Waals surface area contributed by atoms with Crippen LogP contribution in [-0.2, 0) is 4.79 Å². The van der Waals surface area contributed by atoms with Crippen LogP contribution in [-0.4, -0.2) is 31.6 Å². The molecule has 0 saturated heterocycles. The number of rotatable bonds is 6. The minimum Gasteiger partial charge on any atom is -0.354 e. The van der Waals surface area contributed by atoms with Crippen LogP contribution < -0.4 is 16.4 Å². The van der Waals surface area contributed by atoms with E-state index >= 15 is 0 Å². The van der Waals surface area contributed by atoms with E-state index in [0.717, 1.165) is 6.42 Å². The van der Waals surface area contributed by atoms with Crippen molar-refractivity contribution >= 4 is 5.91 Å². The minimum atomic E-state index is 0.0146. The van der Waals surface area contributed by atoms with Gasteiger partial charge in [-0.1, -0.05) is 6.92 Å². The molecule has 12 heavy (non-hydrogen) atoms. The molecule has 0 aromatic rings. The van der Waals surface area contributed by atoms with Crippen LogP contribution in [0.1, 0.15) is 20.3 Å². The SMILES string of the molecule is CCC(C)NCC(=O)NCCN. The highest BCUT2D eigenvalue weighted by molar-refractivity contribution is 5.77. The van der Waals surface area contributed by atoms with Gasteiger partial charge in [0.25, 0.3) is 0 Å². The largest absolute Gasteiger partial charge is 0.354 e. The van der Waals surface area contributed by atoms with Gasteiger partial charge in [-0.05, 0) is 13.3 Å². The zero-order valence-electron chi connectivity index (χ0n) is 7.89. The molecule has 0 radical (unpaired) electrons. The lowest BCUT2D eigenvalue weighted by atomic mass is 10.2. The van der Waals surface area contributed by atoms with E-state index in [1.807, 2.05) is 0 Å². The van der Waals surface area contributed by atoms with Crippen molar-refractivity contribution in [2.75, 3.05) is 19.6 Å². The Morgan fingerprint density at radius 2 is 2.25 bits per heavy atom. The molecule has 0 aliphatic carbocycles. The van der Waals surface area contributed by atoms with Gasteiger partial charge in [-0.15, -0.1) is 0 Å². The normalized spacial score (nSPS) is 12.6. The average molecular weight is 173 g/mol. The van der Waals surface area contributed by atoms with Gasteiger partial charge in [0.15, 0.2) is 0 Å². The number of hydrogen-bond acceptors (Lipinski definition) is 3. The molecule has 1 atom stereocenters. The van der Waals surface area contributed by atoms with Crippen LogP contribution in [0.15, 0.2) is 0 Å². The van der Waals surface area contributed by atoms with Crippen molar-refractivity contribution in [1.82, 2.24) is 10.6 Å². The first kappa shape index (κ1) is 11.4. The Morgan fingerprint density at radius 1 is 1.58 bits per heavy atom. The Bertz CT molecular complexity index is 127. The van der Waals surface area contributed by atoms with E-state index in [2.05, 4.69) is 24.5 Å². The molecule has 0 saturated carbocycles. The van der Waals surface area contributed by atoms with E-state index in [-0.39, 0.29) is 5.91 Å². The molecule has 0 fully saturated rings. The second-order valence-corrected chi connectivity index (χ2v) is 2.83. The van der Waals surface area contributed by atoms with Crippen molar-refractivity contribution in [2.45, 2.75) is 26.3 Å². The molecule has 1 amide bonds. The van der Waals surface area contributed by atoms with E-state index in [0.29, 0.717) is 25.7 Å². The maximum Gasteiger partial charge on any atom is 0.234 e. The van der Waals surface area contributed by atoms with E-state index < -0.39 is 0 Å². The molecule has 0 spiro atoms. The number of nitrogens with two attached hydrogens (primary N) is 1. The number of nitrogens with one attached hydrogen (secondary N) is 2. The van der Waals surface area contributed by atoms with Crippen molar-refractivity contribution in [3.8, 4) is 0 Å². The topological polar surface area (TPSA) is 67.2 Å². The smallest absolute Gasteiger partial charge is 0.234 e. The first-order valence-corrected chi connectivity index (χ1v) is 4.40. The fourth-order valence-corrected chi connectivity index (χ4v) is 0.685. The zero-order chi connectivity index (χ0) is 9.40. The van der Waals surface area contributed by atoms with Crippen LogP contribution >= 0.6 is 0 Å². The van der Waals surface area contributed by atoms with Gasteiger partial charge in [-0.3, -0.25) is 4.79 Å². The lowest BCUT2D eigenvalue weighted by Gasteiger charge is -2.10. The zero-order valence-corrected chi connectivity index (χ0v) is 7.89. The lowest BCUT2D eigenvalue weighted by Crippen LogP contribution is -2.39. The maximum absolute atomic E-state index is 11.0. The summed E-state index contributed by atoms with van der Waals surface area (Å²) < 4.78 is 0. The molecule has 0 aromatic heterocycles. The third kappa shape index (κ3) is 6.12. The molecule has 0 rings (SSSR count). The van der Waals surface area contributed by atoms with E-state index in [4.69, 9.17) is 5.73 Å². The van der Waals surface area contributed by atoms with Gasteiger partial charge in [0.05, 0.1) is 6.54 Å². The molecule has 4 N–H and O–H groups in total. The summed E-state index contributed by atoms with van der Waals surface area (Å²) in [5.41, 5.74) is 5.22. The predicted molar refractivity (Wildman–Crippen MR) is 49.8 cm³/mol. The first-order valence-electron chi connectivity index (χ1n) is 4.40. The Morgan fingerprint density at radius 3 is 2.75 bits per heavy atom. The molecular weight excluding hydrogens is 154 g/mol. The summed E-state index contributed by atoms with van der Waals surface area (Å²) in [6.45, 7) is 5.57. The highest BCUT2D eigenvalue weighted by Crippen LogP contribution is 1.85. The quantitative estimate of drug-likeness (QED) is 0.505. The van der Waals surface area contributed by atoms with Crippen molar-refractivity contribution in [1.29, 1.82) is 0 Å². The van der Waals surface area contributed by atoms with Crippen LogP contribution in [0, 0.1) is 0 Å². The fraction of sp³-hybridized carbons (Fsp3) is 0.875. The van der Waals surface area contributed by atoms with Crippen LogP contribution in [0.25, 0.3) is 0 Å². The molecular formula is C8H19N3O. The van der Waals surface area contributed by atoms with Crippen molar-refractivity contribution in [3.63, 3.8) is 0 Å². The van der Waals surface area contributed by atoms with E-state index in [9.17, 15) is 4.79 Å². The molecule has 72 valence electrons. The molecule has 1 unspecified atom stereocenters. The second kappa shape index (κ2) is 7.06. The van der Waals surface area contributed by atoms with Gasteiger partial charge >= 0.3 is 0 Å². The Kier molecular flexibility index (Phi) is 6.70. The highest BCUT2D eigenvalue weighted by Gasteiger charge is 2.01. The number of hydrogen-bond donors (Lipinski definition) is 3. The minimum absolute atomic E-state index is 0.0146. The summed E-state index contributed by atoms with van der Waals surface area (Å²) in [4.78, 5) is 11.0. The third-order valence-electron chi connectivity index (χ3n) is 1.69. The molecule has 0 aliphatic heterocycles. The van der Waals surface area contributed by atoms with E-state index in [1.54, 1.807) is 0 Å². The number of carbonyl (C=O) groups is 1. The number of amides is 1. The lowest BCUT2D eigenvalue weighted by molar-refractivity contribution is -0.120. The van der Waals surface area contributed by atoms with Crippen LogP contribution in [0.3, 0.4) is 0 Å². The Hall–Kier alpha value is -0.610. The van der Waals surface area contributed by atoms with E-state index in [1.165, 1.54) is 0 Å². The second-order valence-electron chi connectivity index (χ2n) is 2.83. The molecule has 4 nitrogen and oxygen atoms in total. The van der Waals surface area contributed by atoms with Gasteiger partial charge in [-0.2, -0.15) is 0 Å². The number of carbonyl (C=O) groups excluding carboxylic acids is 1. The van der Waals surface area contributed by atoms with Gasteiger partial charge in [0.2, 0.25) is 5.91 Å².